The average Bonchev–Trinajstić information content (AvgIpc) is 2.58. The summed E-state index contributed by atoms with van der Waals surface area (Å²) in [5.41, 5.74) is -0.200. The summed E-state index contributed by atoms with van der Waals surface area (Å²) in [6.07, 6.45) is 0. The van der Waals surface area contributed by atoms with E-state index in [1.807, 2.05) is 75.4 Å². The summed E-state index contributed by atoms with van der Waals surface area (Å²) in [4.78, 5) is 2.41. The quantitative estimate of drug-likeness (QED) is 0.504. The van der Waals surface area contributed by atoms with Crippen molar-refractivity contribution in [3.63, 3.8) is 0 Å². The van der Waals surface area contributed by atoms with Gasteiger partial charge in [-0.05, 0) is 81.4 Å². The van der Waals surface area contributed by atoms with Crippen molar-refractivity contribution >= 4 is 11.8 Å². The highest BCUT2D eigenvalue weighted by molar-refractivity contribution is 7.99. The van der Waals surface area contributed by atoms with E-state index in [4.69, 9.17) is 9.47 Å². The Morgan fingerprint density at radius 1 is 0.600 bits per heavy atom. The van der Waals surface area contributed by atoms with Gasteiger partial charge >= 0.3 is 0 Å². The van der Waals surface area contributed by atoms with E-state index < -0.39 is 0 Å². The van der Waals surface area contributed by atoms with Gasteiger partial charge in [-0.3, -0.25) is 0 Å². The van der Waals surface area contributed by atoms with Crippen molar-refractivity contribution in [1.82, 2.24) is 0 Å². The molecule has 0 aliphatic heterocycles. The standard InChI is InChI=1S/C22H22O2S/c1-22(2,3)24-19-11-9-17(10-12-19)23-18-13-15-21(16-14-18)25-20-7-5-4-6-8-20/h4-16H,1-3H3. The molecule has 0 amide bonds. The maximum atomic E-state index is 5.90. The lowest BCUT2D eigenvalue weighted by atomic mass is 10.2. The molecule has 0 aliphatic carbocycles. The Hall–Kier alpha value is -2.39. The Labute approximate surface area is 153 Å². The molecule has 0 N–H and O–H groups in total. The first kappa shape index (κ1) is 17.4. The highest BCUT2D eigenvalue weighted by Crippen LogP contribution is 2.30. The molecule has 3 heteroatoms. The van der Waals surface area contributed by atoms with Crippen molar-refractivity contribution in [1.29, 1.82) is 0 Å². The van der Waals surface area contributed by atoms with Crippen LogP contribution in [0.3, 0.4) is 0 Å². The van der Waals surface area contributed by atoms with Gasteiger partial charge in [-0.1, -0.05) is 30.0 Å². The average molecular weight is 350 g/mol. The summed E-state index contributed by atoms with van der Waals surface area (Å²) >= 11 is 1.74. The van der Waals surface area contributed by atoms with Crippen LogP contribution >= 0.6 is 11.8 Å². The first-order valence-corrected chi connectivity index (χ1v) is 9.09. The minimum atomic E-state index is -0.200. The minimum Gasteiger partial charge on any atom is -0.488 e. The van der Waals surface area contributed by atoms with Crippen LogP contribution in [0.2, 0.25) is 0 Å². The maximum Gasteiger partial charge on any atom is 0.127 e. The lowest BCUT2D eigenvalue weighted by Crippen LogP contribution is -2.22. The molecule has 0 heterocycles. The van der Waals surface area contributed by atoms with Gasteiger partial charge in [0.15, 0.2) is 0 Å². The molecule has 3 aromatic carbocycles. The lowest BCUT2D eigenvalue weighted by molar-refractivity contribution is 0.131. The van der Waals surface area contributed by atoms with Gasteiger partial charge in [0, 0.05) is 9.79 Å². The van der Waals surface area contributed by atoms with E-state index in [2.05, 4.69) is 24.3 Å². The van der Waals surface area contributed by atoms with E-state index in [1.165, 1.54) is 9.79 Å². The Kier molecular flexibility index (Phi) is 5.34. The normalized spacial score (nSPS) is 11.2. The number of ether oxygens (including phenoxy) is 2. The summed E-state index contributed by atoms with van der Waals surface area (Å²) in [5.74, 6) is 2.46. The van der Waals surface area contributed by atoms with Crippen LogP contribution in [0.25, 0.3) is 0 Å². The number of hydrogen-bond donors (Lipinski definition) is 0. The largest absolute Gasteiger partial charge is 0.488 e. The second kappa shape index (κ2) is 7.66. The van der Waals surface area contributed by atoms with Crippen molar-refractivity contribution in [2.24, 2.45) is 0 Å². The van der Waals surface area contributed by atoms with Gasteiger partial charge in [0.2, 0.25) is 0 Å². The molecule has 0 atom stereocenters. The molecule has 0 radical (unpaired) electrons. The summed E-state index contributed by atoms with van der Waals surface area (Å²) in [7, 11) is 0. The summed E-state index contributed by atoms with van der Waals surface area (Å²) in [6, 6.07) is 26.2. The SMILES string of the molecule is CC(C)(C)Oc1ccc(Oc2ccc(Sc3ccccc3)cc2)cc1. The van der Waals surface area contributed by atoms with E-state index in [-0.39, 0.29) is 5.60 Å². The Morgan fingerprint density at radius 2 is 1.08 bits per heavy atom. The molecule has 3 rings (SSSR count). The molecule has 25 heavy (non-hydrogen) atoms. The summed E-state index contributed by atoms with van der Waals surface area (Å²) in [6.45, 7) is 6.10. The van der Waals surface area contributed by atoms with Crippen molar-refractivity contribution < 1.29 is 9.47 Å². The molecular weight excluding hydrogens is 328 g/mol. The third-order valence-corrected chi connectivity index (χ3v) is 4.30. The van der Waals surface area contributed by atoms with Crippen LogP contribution < -0.4 is 9.47 Å². The van der Waals surface area contributed by atoms with E-state index in [9.17, 15) is 0 Å². The fourth-order valence-electron chi connectivity index (χ4n) is 2.27. The molecule has 0 aliphatic rings. The first-order chi connectivity index (χ1) is 12.0. The van der Waals surface area contributed by atoms with Gasteiger partial charge in [0.25, 0.3) is 0 Å². The van der Waals surface area contributed by atoms with E-state index >= 15 is 0 Å². The van der Waals surface area contributed by atoms with Crippen LogP contribution in [0.5, 0.6) is 17.2 Å². The van der Waals surface area contributed by atoms with Gasteiger partial charge < -0.3 is 9.47 Å². The van der Waals surface area contributed by atoms with Crippen LogP contribution in [-0.2, 0) is 0 Å². The van der Waals surface area contributed by atoms with E-state index in [0.29, 0.717) is 0 Å². The first-order valence-electron chi connectivity index (χ1n) is 8.28. The maximum absolute atomic E-state index is 5.90. The Bertz CT molecular complexity index is 788. The molecule has 0 saturated carbocycles. The molecule has 0 saturated heterocycles. The smallest absolute Gasteiger partial charge is 0.127 e. The van der Waals surface area contributed by atoms with Crippen molar-refractivity contribution in [3.05, 3.63) is 78.9 Å². The molecule has 0 fully saturated rings. The zero-order valence-electron chi connectivity index (χ0n) is 14.7. The van der Waals surface area contributed by atoms with Crippen molar-refractivity contribution in [3.8, 4) is 17.2 Å². The predicted molar refractivity (Wildman–Crippen MR) is 104 cm³/mol. The van der Waals surface area contributed by atoms with Crippen LogP contribution in [0.15, 0.2) is 88.7 Å². The van der Waals surface area contributed by atoms with Crippen molar-refractivity contribution in [2.75, 3.05) is 0 Å². The number of rotatable bonds is 5. The molecule has 128 valence electrons. The molecule has 3 aromatic rings. The zero-order valence-corrected chi connectivity index (χ0v) is 15.5. The minimum absolute atomic E-state index is 0.200. The van der Waals surface area contributed by atoms with Crippen LogP contribution in [0, 0.1) is 0 Å². The topological polar surface area (TPSA) is 18.5 Å². The fourth-order valence-corrected chi connectivity index (χ4v) is 3.10. The van der Waals surface area contributed by atoms with Gasteiger partial charge in [0.1, 0.15) is 22.8 Å². The lowest BCUT2D eigenvalue weighted by Gasteiger charge is -2.21. The molecule has 0 spiro atoms. The van der Waals surface area contributed by atoms with Gasteiger partial charge in [0.05, 0.1) is 0 Å². The predicted octanol–water partition coefficient (Wildman–Crippen LogP) is 6.81. The zero-order chi connectivity index (χ0) is 17.7. The molecule has 0 unspecified atom stereocenters. The molecule has 0 aromatic heterocycles. The highest BCUT2D eigenvalue weighted by atomic mass is 32.2. The second-order valence-corrected chi connectivity index (χ2v) is 7.82. The summed E-state index contributed by atoms with van der Waals surface area (Å²) in [5, 5.41) is 0. The Morgan fingerprint density at radius 3 is 1.64 bits per heavy atom. The number of benzene rings is 3. The molecule has 2 nitrogen and oxygen atoms in total. The monoisotopic (exact) mass is 350 g/mol. The second-order valence-electron chi connectivity index (χ2n) is 6.67. The van der Waals surface area contributed by atoms with E-state index in [0.717, 1.165) is 17.2 Å². The third-order valence-electron chi connectivity index (χ3n) is 3.29. The fraction of sp³-hybridized carbons (Fsp3) is 0.182. The van der Waals surface area contributed by atoms with Gasteiger partial charge in [-0.15, -0.1) is 0 Å². The Balaban J connectivity index is 1.61. The number of hydrogen-bond acceptors (Lipinski definition) is 3. The van der Waals surface area contributed by atoms with Crippen LogP contribution in [0.1, 0.15) is 20.8 Å². The highest BCUT2D eigenvalue weighted by Gasteiger charge is 2.11. The van der Waals surface area contributed by atoms with E-state index in [1.54, 1.807) is 11.8 Å². The third kappa shape index (κ3) is 5.57. The van der Waals surface area contributed by atoms with Gasteiger partial charge in [-0.2, -0.15) is 0 Å². The van der Waals surface area contributed by atoms with Crippen LogP contribution in [0.4, 0.5) is 0 Å². The summed E-state index contributed by atoms with van der Waals surface area (Å²) < 4.78 is 11.7. The van der Waals surface area contributed by atoms with Crippen LogP contribution in [-0.4, -0.2) is 5.60 Å². The van der Waals surface area contributed by atoms with Crippen molar-refractivity contribution in [2.45, 2.75) is 36.2 Å². The molecule has 0 bridgehead atoms. The molecular formula is C22H22O2S. The van der Waals surface area contributed by atoms with Gasteiger partial charge in [-0.25, -0.2) is 0 Å².